The van der Waals surface area contributed by atoms with Gasteiger partial charge in [0.1, 0.15) is 5.75 Å². The van der Waals surface area contributed by atoms with Crippen LogP contribution in [0.25, 0.3) is 16.6 Å². The maximum absolute atomic E-state index is 14.5. The van der Waals surface area contributed by atoms with Crippen molar-refractivity contribution in [3.63, 3.8) is 0 Å². The van der Waals surface area contributed by atoms with Crippen LogP contribution in [0.15, 0.2) is 71.5 Å². The molecule has 38 heavy (non-hydrogen) atoms. The Bertz CT molecular complexity index is 1630. The number of alkyl halides is 3. The summed E-state index contributed by atoms with van der Waals surface area (Å²) in [6, 6.07) is 15.3. The van der Waals surface area contributed by atoms with Gasteiger partial charge in [-0.05, 0) is 59.9 Å². The third-order valence-electron chi connectivity index (χ3n) is 7.13. The molecule has 0 radical (unpaired) electrons. The summed E-state index contributed by atoms with van der Waals surface area (Å²) < 4.78 is 45.1. The molecule has 1 aliphatic carbocycles. The number of halogens is 5. The first-order valence-electron chi connectivity index (χ1n) is 11.7. The summed E-state index contributed by atoms with van der Waals surface area (Å²) in [6.45, 7) is 3.05. The number of phenols is 1. The molecule has 0 spiro atoms. The minimum Gasteiger partial charge on any atom is -0.506 e. The number of nitrogens with one attached hydrogen (secondary N) is 1. The van der Waals surface area contributed by atoms with Gasteiger partial charge in [0.25, 0.3) is 5.56 Å². The third kappa shape index (κ3) is 4.11. The van der Waals surface area contributed by atoms with Crippen molar-refractivity contribution in [1.82, 2.24) is 4.57 Å². The Labute approximate surface area is 226 Å². The molecule has 198 valence electrons. The first-order valence-corrected chi connectivity index (χ1v) is 12.5. The van der Waals surface area contributed by atoms with E-state index in [0.717, 1.165) is 0 Å². The maximum Gasteiger partial charge on any atom is 0.419 e. The highest BCUT2D eigenvalue weighted by Gasteiger charge is 2.64. The number of aromatic hydroxyl groups is 1. The predicted octanol–water partition coefficient (Wildman–Crippen LogP) is 7.13. The van der Waals surface area contributed by atoms with Gasteiger partial charge in [-0.15, -0.1) is 0 Å². The molecule has 2 atom stereocenters. The van der Waals surface area contributed by atoms with Gasteiger partial charge >= 0.3 is 6.18 Å². The molecule has 5 nitrogen and oxygen atoms in total. The van der Waals surface area contributed by atoms with Gasteiger partial charge < -0.3 is 15.5 Å². The van der Waals surface area contributed by atoms with Crippen LogP contribution >= 0.6 is 23.2 Å². The Morgan fingerprint density at radius 1 is 1.03 bits per heavy atom. The second-order valence-electron chi connectivity index (χ2n) is 10.1. The molecular formula is C28H23Cl2F3N2O3. The normalized spacial score (nSPS) is 20.8. The summed E-state index contributed by atoms with van der Waals surface area (Å²) in [5.74, 6) is -0.321. The summed E-state index contributed by atoms with van der Waals surface area (Å²) >= 11 is 12.3. The maximum atomic E-state index is 14.5. The summed E-state index contributed by atoms with van der Waals surface area (Å²) in [6.07, 6.45) is -5.73. The lowest BCUT2D eigenvalue weighted by molar-refractivity contribution is -0.275. The molecule has 3 aromatic carbocycles. The molecule has 0 saturated heterocycles. The number of benzene rings is 3. The quantitative estimate of drug-likeness (QED) is 0.248. The van der Waals surface area contributed by atoms with Crippen molar-refractivity contribution < 1.29 is 23.4 Å². The van der Waals surface area contributed by atoms with Crippen LogP contribution < -0.4 is 10.9 Å². The van der Waals surface area contributed by atoms with Crippen LogP contribution in [0, 0.1) is 0 Å². The van der Waals surface area contributed by atoms with Gasteiger partial charge in [-0.1, -0.05) is 55.2 Å². The first kappa shape index (κ1) is 26.4. The van der Waals surface area contributed by atoms with E-state index in [-0.39, 0.29) is 33.1 Å². The van der Waals surface area contributed by atoms with E-state index in [1.165, 1.54) is 42.7 Å². The Balaban J connectivity index is 1.74. The average molecular weight is 563 g/mol. The zero-order chi connectivity index (χ0) is 27.6. The minimum atomic E-state index is -5.01. The minimum absolute atomic E-state index is 0.00345. The van der Waals surface area contributed by atoms with E-state index in [4.69, 9.17) is 23.2 Å². The van der Waals surface area contributed by atoms with Crippen LogP contribution in [0.5, 0.6) is 5.75 Å². The summed E-state index contributed by atoms with van der Waals surface area (Å²) in [5, 5.41) is 25.8. The van der Waals surface area contributed by atoms with Gasteiger partial charge in [-0.2, -0.15) is 13.2 Å². The monoisotopic (exact) mass is 562 g/mol. The van der Waals surface area contributed by atoms with Gasteiger partial charge in [0.15, 0.2) is 5.60 Å². The van der Waals surface area contributed by atoms with Gasteiger partial charge in [-0.3, -0.25) is 9.36 Å². The molecule has 3 N–H and O–H groups in total. The number of aliphatic hydroxyl groups is 1. The highest BCUT2D eigenvalue weighted by atomic mass is 35.5. The van der Waals surface area contributed by atoms with E-state index in [1.54, 1.807) is 42.5 Å². The molecule has 0 bridgehead atoms. The molecule has 1 heterocycles. The van der Waals surface area contributed by atoms with Crippen LogP contribution in [0.4, 0.5) is 18.9 Å². The summed E-state index contributed by atoms with van der Waals surface area (Å²) in [4.78, 5) is 12.9. The molecule has 1 aliphatic rings. The number of fused-ring (bicyclic) bond motifs is 2. The Morgan fingerprint density at radius 2 is 1.74 bits per heavy atom. The van der Waals surface area contributed by atoms with Gasteiger partial charge in [0.2, 0.25) is 0 Å². The number of anilines is 1. The van der Waals surface area contributed by atoms with Gasteiger partial charge in [-0.25, -0.2) is 0 Å². The lowest BCUT2D eigenvalue weighted by Gasteiger charge is -2.49. The largest absolute Gasteiger partial charge is 0.506 e. The number of rotatable bonds is 3. The van der Waals surface area contributed by atoms with E-state index in [9.17, 15) is 28.2 Å². The van der Waals surface area contributed by atoms with E-state index >= 15 is 0 Å². The topological polar surface area (TPSA) is 74.5 Å². The number of hydrogen-bond acceptors (Lipinski definition) is 4. The van der Waals surface area contributed by atoms with E-state index < -0.39 is 29.7 Å². The second-order valence-corrected chi connectivity index (χ2v) is 11.0. The predicted molar refractivity (Wildman–Crippen MR) is 143 cm³/mol. The molecule has 0 saturated carbocycles. The Hall–Kier alpha value is -3.20. The molecule has 0 amide bonds. The highest BCUT2D eigenvalue weighted by molar-refractivity contribution is 6.32. The van der Waals surface area contributed by atoms with Crippen molar-refractivity contribution in [3.8, 4) is 11.4 Å². The highest BCUT2D eigenvalue weighted by Crippen LogP contribution is 2.57. The van der Waals surface area contributed by atoms with E-state index in [0.29, 0.717) is 21.6 Å². The third-order valence-corrected chi connectivity index (χ3v) is 7.67. The summed E-state index contributed by atoms with van der Waals surface area (Å²) in [7, 11) is 0. The smallest absolute Gasteiger partial charge is 0.419 e. The zero-order valence-corrected chi connectivity index (χ0v) is 21.8. The van der Waals surface area contributed by atoms with Crippen LogP contribution in [-0.4, -0.2) is 26.6 Å². The van der Waals surface area contributed by atoms with Gasteiger partial charge in [0.05, 0.1) is 22.3 Å². The average Bonchev–Trinajstić information content (AvgIpc) is 2.82. The fraction of sp³-hybridized carbons (Fsp3) is 0.250. The van der Waals surface area contributed by atoms with Crippen LogP contribution in [0.3, 0.4) is 0 Å². The molecule has 1 aromatic heterocycles. The van der Waals surface area contributed by atoms with Crippen molar-refractivity contribution in [2.75, 3.05) is 5.32 Å². The van der Waals surface area contributed by atoms with Crippen molar-refractivity contribution in [1.29, 1.82) is 0 Å². The van der Waals surface area contributed by atoms with Gasteiger partial charge in [0, 0.05) is 27.7 Å². The van der Waals surface area contributed by atoms with Crippen LogP contribution in [0.2, 0.25) is 10.0 Å². The molecule has 0 aliphatic heterocycles. The molecule has 0 fully saturated rings. The first-order chi connectivity index (χ1) is 17.7. The van der Waals surface area contributed by atoms with Crippen molar-refractivity contribution in [3.05, 3.63) is 98.3 Å². The SMILES string of the molecule is CC1(C)CC(O)(C(F)(F)F)C(Nc2cccc3c2ccc(=O)n3-c2cccc(Cl)c2)c2ccc(Cl)c(O)c21. The van der Waals surface area contributed by atoms with Crippen molar-refractivity contribution in [2.24, 2.45) is 0 Å². The van der Waals surface area contributed by atoms with E-state index in [1.807, 2.05) is 0 Å². The van der Waals surface area contributed by atoms with E-state index in [2.05, 4.69) is 5.32 Å². The number of phenolic OH excluding ortho intramolecular Hbond substituents is 1. The molecule has 4 aromatic rings. The van der Waals surface area contributed by atoms with Crippen molar-refractivity contribution >= 4 is 39.8 Å². The van der Waals surface area contributed by atoms with Crippen LogP contribution in [0.1, 0.15) is 37.4 Å². The molecule has 10 heteroatoms. The Kier molecular flexibility index (Phi) is 6.21. The Morgan fingerprint density at radius 3 is 2.42 bits per heavy atom. The fourth-order valence-corrected chi connectivity index (χ4v) is 5.89. The molecule has 5 rings (SSSR count). The number of hydrogen-bond donors (Lipinski definition) is 3. The molecular weight excluding hydrogens is 540 g/mol. The summed E-state index contributed by atoms with van der Waals surface area (Å²) in [5.41, 5.74) is -3.32. The van der Waals surface area contributed by atoms with Crippen molar-refractivity contribution in [2.45, 2.75) is 43.5 Å². The second kappa shape index (κ2) is 8.93. The number of nitrogens with zero attached hydrogens (tertiary/aromatic N) is 1. The fourth-order valence-electron chi connectivity index (χ4n) is 5.55. The lowest BCUT2D eigenvalue weighted by Crippen LogP contribution is -2.58. The molecule has 2 unspecified atom stereocenters. The zero-order valence-electron chi connectivity index (χ0n) is 20.3. The lowest BCUT2D eigenvalue weighted by atomic mass is 9.63. The van der Waals surface area contributed by atoms with Crippen LogP contribution in [-0.2, 0) is 5.41 Å². The standard InChI is InChI=1S/C28H23Cl2F3N2O3/c1-26(2)14-27(38,28(31,32)33)25(18-9-11-19(30)24(37)23(18)26)34-20-7-4-8-21-17(20)10-12-22(36)35(21)16-6-3-5-15(29)13-16/h3-13,25,34,37-38H,14H2,1-2H3. The number of aromatic nitrogens is 1. The number of pyridine rings is 1.